The molecule has 86 valence electrons. The maximum absolute atomic E-state index is 11.8. The minimum atomic E-state index is -0.0608. The van der Waals surface area contributed by atoms with E-state index in [2.05, 4.69) is 5.32 Å². The molecule has 0 saturated carbocycles. The molecule has 3 nitrogen and oxygen atoms in total. The monoisotopic (exact) mass is 218 g/mol. The van der Waals surface area contributed by atoms with Crippen LogP contribution in [0.25, 0.3) is 0 Å². The molecule has 16 heavy (non-hydrogen) atoms. The average Bonchev–Trinajstić information content (AvgIpc) is 2.27. The maximum Gasteiger partial charge on any atom is 0.251 e. The van der Waals surface area contributed by atoms with E-state index in [1.165, 1.54) is 0 Å². The molecule has 0 aromatic heterocycles. The lowest BCUT2D eigenvalue weighted by molar-refractivity contribution is 0.0954. The molecular weight excluding hydrogens is 200 g/mol. The van der Waals surface area contributed by atoms with Crippen LogP contribution >= 0.6 is 0 Å². The van der Waals surface area contributed by atoms with Crippen molar-refractivity contribution in [2.45, 2.75) is 20.3 Å². The van der Waals surface area contributed by atoms with Crippen molar-refractivity contribution in [2.75, 3.05) is 12.3 Å². The van der Waals surface area contributed by atoms with E-state index in [1.807, 2.05) is 32.1 Å². The first-order valence-corrected chi connectivity index (χ1v) is 5.40. The minimum absolute atomic E-state index is 0.0608. The highest BCUT2D eigenvalue weighted by Gasteiger charge is 2.07. The Morgan fingerprint density at radius 1 is 1.50 bits per heavy atom. The summed E-state index contributed by atoms with van der Waals surface area (Å²) in [6.45, 7) is 4.52. The first-order valence-electron chi connectivity index (χ1n) is 5.40. The quantitative estimate of drug-likeness (QED) is 0.463. The lowest BCUT2D eigenvalue weighted by atomic mass is 10.1. The van der Waals surface area contributed by atoms with E-state index in [4.69, 9.17) is 5.73 Å². The number of amides is 1. The minimum Gasteiger partial charge on any atom is -0.399 e. The van der Waals surface area contributed by atoms with Gasteiger partial charge in [0.15, 0.2) is 0 Å². The zero-order valence-electron chi connectivity index (χ0n) is 9.79. The van der Waals surface area contributed by atoms with Crippen LogP contribution in [-0.2, 0) is 0 Å². The number of carbonyl (C=O) groups excluding carboxylic acids is 1. The van der Waals surface area contributed by atoms with Gasteiger partial charge >= 0.3 is 0 Å². The molecular formula is C13H18N2O. The molecule has 0 aliphatic carbocycles. The number of carbonyl (C=O) groups is 1. The highest BCUT2D eigenvalue weighted by Crippen LogP contribution is 2.12. The van der Waals surface area contributed by atoms with Gasteiger partial charge in [-0.15, -0.1) is 0 Å². The van der Waals surface area contributed by atoms with Crippen LogP contribution in [0.15, 0.2) is 30.4 Å². The van der Waals surface area contributed by atoms with E-state index in [9.17, 15) is 4.79 Å². The van der Waals surface area contributed by atoms with Crippen LogP contribution in [0.3, 0.4) is 0 Å². The molecule has 1 aromatic carbocycles. The molecule has 0 atom stereocenters. The molecule has 0 bridgehead atoms. The Hall–Kier alpha value is -1.77. The second kappa shape index (κ2) is 5.95. The van der Waals surface area contributed by atoms with E-state index in [0.29, 0.717) is 17.8 Å². The van der Waals surface area contributed by atoms with Crippen LogP contribution in [0.1, 0.15) is 29.3 Å². The second-order valence-corrected chi connectivity index (χ2v) is 3.69. The highest BCUT2D eigenvalue weighted by molar-refractivity contribution is 5.96. The summed E-state index contributed by atoms with van der Waals surface area (Å²) in [6.07, 6.45) is 4.84. The predicted molar refractivity (Wildman–Crippen MR) is 67.4 cm³/mol. The van der Waals surface area contributed by atoms with Gasteiger partial charge in [-0.1, -0.05) is 18.2 Å². The second-order valence-electron chi connectivity index (χ2n) is 3.69. The summed E-state index contributed by atoms with van der Waals surface area (Å²) < 4.78 is 0. The molecule has 0 spiro atoms. The normalized spacial score (nSPS) is 10.6. The van der Waals surface area contributed by atoms with Gasteiger partial charge in [-0.25, -0.2) is 0 Å². The zero-order valence-corrected chi connectivity index (χ0v) is 9.79. The van der Waals surface area contributed by atoms with Crippen molar-refractivity contribution in [2.24, 2.45) is 0 Å². The van der Waals surface area contributed by atoms with Crippen LogP contribution < -0.4 is 11.1 Å². The third-order valence-electron chi connectivity index (χ3n) is 2.34. The Kier molecular flexibility index (Phi) is 4.58. The van der Waals surface area contributed by atoms with Crippen molar-refractivity contribution < 1.29 is 4.79 Å². The molecule has 3 N–H and O–H groups in total. The molecule has 1 amide bonds. The van der Waals surface area contributed by atoms with E-state index >= 15 is 0 Å². The molecule has 0 radical (unpaired) electrons. The lowest BCUT2D eigenvalue weighted by Gasteiger charge is -2.07. The van der Waals surface area contributed by atoms with E-state index < -0.39 is 0 Å². The van der Waals surface area contributed by atoms with Gasteiger partial charge < -0.3 is 11.1 Å². The van der Waals surface area contributed by atoms with Crippen molar-refractivity contribution in [1.82, 2.24) is 5.32 Å². The number of benzene rings is 1. The zero-order chi connectivity index (χ0) is 12.0. The first-order chi connectivity index (χ1) is 7.65. The van der Waals surface area contributed by atoms with Crippen LogP contribution in [0.5, 0.6) is 0 Å². The molecule has 0 aliphatic rings. The Balaban J connectivity index is 2.62. The highest BCUT2D eigenvalue weighted by atomic mass is 16.1. The number of aryl methyl sites for hydroxylation is 1. The van der Waals surface area contributed by atoms with Crippen LogP contribution in [0, 0.1) is 6.92 Å². The van der Waals surface area contributed by atoms with E-state index in [1.54, 1.807) is 12.1 Å². The predicted octanol–water partition coefficient (Wildman–Crippen LogP) is 2.27. The lowest BCUT2D eigenvalue weighted by Crippen LogP contribution is -2.25. The van der Waals surface area contributed by atoms with Crippen LogP contribution in [-0.4, -0.2) is 12.5 Å². The summed E-state index contributed by atoms with van der Waals surface area (Å²) >= 11 is 0. The number of hydrogen-bond acceptors (Lipinski definition) is 2. The van der Waals surface area contributed by atoms with Gasteiger partial charge in [0.25, 0.3) is 5.91 Å². The molecule has 0 unspecified atom stereocenters. The Morgan fingerprint density at radius 3 is 2.94 bits per heavy atom. The third kappa shape index (κ3) is 3.42. The number of rotatable bonds is 4. The molecule has 0 saturated heterocycles. The molecule has 1 aromatic rings. The molecule has 1 rings (SSSR count). The molecule has 0 aliphatic heterocycles. The van der Waals surface area contributed by atoms with Gasteiger partial charge in [0.2, 0.25) is 0 Å². The van der Waals surface area contributed by atoms with Crippen LogP contribution in [0.2, 0.25) is 0 Å². The maximum atomic E-state index is 11.8. The van der Waals surface area contributed by atoms with Crippen molar-refractivity contribution >= 4 is 11.6 Å². The Labute approximate surface area is 96.3 Å². The topological polar surface area (TPSA) is 55.1 Å². The number of allylic oxidation sites excluding steroid dienone is 1. The number of hydrogen-bond donors (Lipinski definition) is 2. The summed E-state index contributed by atoms with van der Waals surface area (Å²) in [6, 6.07) is 5.36. The van der Waals surface area contributed by atoms with Gasteiger partial charge in [0.1, 0.15) is 0 Å². The smallest absolute Gasteiger partial charge is 0.251 e. The molecule has 0 fully saturated rings. The van der Waals surface area contributed by atoms with Gasteiger partial charge in [-0.2, -0.15) is 0 Å². The number of nitrogen functional groups attached to an aromatic ring is 1. The number of anilines is 1. The Morgan fingerprint density at radius 2 is 2.25 bits per heavy atom. The number of nitrogens with one attached hydrogen (secondary N) is 1. The van der Waals surface area contributed by atoms with Gasteiger partial charge in [-0.3, -0.25) is 4.79 Å². The largest absolute Gasteiger partial charge is 0.399 e. The summed E-state index contributed by atoms with van der Waals surface area (Å²) in [4.78, 5) is 11.8. The number of nitrogens with two attached hydrogens (primary N) is 1. The average molecular weight is 218 g/mol. The van der Waals surface area contributed by atoms with E-state index in [0.717, 1.165) is 12.0 Å². The molecule has 3 heteroatoms. The van der Waals surface area contributed by atoms with Gasteiger partial charge in [-0.05, 0) is 38.0 Å². The molecule has 0 heterocycles. The summed E-state index contributed by atoms with van der Waals surface area (Å²) in [5.74, 6) is -0.0608. The van der Waals surface area contributed by atoms with Crippen LogP contribution in [0.4, 0.5) is 5.69 Å². The fraction of sp³-hybridized carbons (Fsp3) is 0.308. The van der Waals surface area contributed by atoms with E-state index in [-0.39, 0.29) is 5.91 Å². The first kappa shape index (κ1) is 12.3. The van der Waals surface area contributed by atoms with Gasteiger partial charge in [0, 0.05) is 17.8 Å². The van der Waals surface area contributed by atoms with Crippen molar-refractivity contribution in [3.05, 3.63) is 41.5 Å². The fourth-order valence-electron chi connectivity index (χ4n) is 1.42. The fourth-order valence-corrected chi connectivity index (χ4v) is 1.42. The summed E-state index contributed by atoms with van der Waals surface area (Å²) in [5, 5.41) is 2.86. The SMILES string of the molecule is C/C=C/CCNC(=O)c1cc(N)ccc1C. The summed E-state index contributed by atoms with van der Waals surface area (Å²) in [7, 11) is 0. The van der Waals surface area contributed by atoms with Crippen molar-refractivity contribution in [1.29, 1.82) is 0 Å². The standard InChI is InChI=1S/C13H18N2O/c1-3-4-5-8-15-13(16)12-9-11(14)7-6-10(12)2/h3-4,6-7,9H,5,8,14H2,1-2H3,(H,15,16)/b4-3+. The third-order valence-corrected chi connectivity index (χ3v) is 2.34. The van der Waals surface area contributed by atoms with Gasteiger partial charge in [0.05, 0.1) is 0 Å². The van der Waals surface area contributed by atoms with Crippen molar-refractivity contribution in [3.8, 4) is 0 Å². The van der Waals surface area contributed by atoms with Crippen molar-refractivity contribution in [3.63, 3.8) is 0 Å². The summed E-state index contributed by atoms with van der Waals surface area (Å²) in [5.41, 5.74) is 7.86. The Bertz CT molecular complexity index is 397.